The number of hydrogen-bond donors (Lipinski definition) is 2. The van der Waals surface area contributed by atoms with E-state index in [4.69, 9.17) is 0 Å². The number of carbonyl (C=O) groups is 2. The number of rotatable bonds is 7. The molecule has 0 saturated heterocycles. The van der Waals surface area contributed by atoms with Gasteiger partial charge in [0.15, 0.2) is 0 Å². The molecule has 0 spiro atoms. The lowest BCUT2D eigenvalue weighted by molar-refractivity contribution is -0.152. The van der Waals surface area contributed by atoms with E-state index in [-0.39, 0.29) is 12.3 Å². The van der Waals surface area contributed by atoms with E-state index >= 15 is 0 Å². The van der Waals surface area contributed by atoms with E-state index < -0.39 is 11.4 Å². The van der Waals surface area contributed by atoms with E-state index in [1.807, 2.05) is 0 Å². The molecule has 1 saturated carbocycles. The molecule has 0 radical (unpaired) electrons. The fraction of sp³-hybridized carbons (Fsp3) is 0.867. The topological polar surface area (TPSA) is 66.4 Å². The van der Waals surface area contributed by atoms with Crippen molar-refractivity contribution in [3.8, 4) is 0 Å². The molecule has 4 nitrogen and oxygen atoms in total. The van der Waals surface area contributed by atoms with Gasteiger partial charge < -0.3 is 10.4 Å². The van der Waals surface area contributed by atoms with Crippen molar-refractivity contribution in [2.75, 3.05) is 6.54 Å². The summed E-state index contributed by atoms with van der Waals surface area (Å²) in [4.78, 5) is 23.5. The largest absolute Gasteiger partial charge is 0.481 e. The van der Waals surface area contributed by atoms with Gasteiger partial charge in [-0.2, -0.15) is 0 Å². The number of unbranched alkanes of at least 4 members (excludes halogenated alkanes) is 2. The van der Waals surface area contributed by atoms with E-state index in [9.17, 15) is 14.7 Å². The Hall–Kier alpha value is -1.06. The molecule has 0 aliphatic heterocycles. The van der Waals surface area contributed by atoms with Gasteiger partial charge >= 0.3 is 5.97 Å². The molecular weight excluding hydrogens is 242 g/mol. The van der Waals surface area contributed by atoms with E-state index in [2.05, 4.69) is 12.2 Å². The zero-order chi connectivity index (χ0) is 14.1. The van der Waals surface area contributed by atoms with Gasteiger partial charge in [0.05, 0.1) is 5.41 Å². The van der Waals surface area contributed by atoms with Crippen LogP contribution < -0.4 is 5.32 Å². The molecule has 0 aromatic rings. The molecule has 0 atom stereocenters. The first-order chi connectivity index (χ1) is 9.10. The second kappa shape index (κ2) is 8.18. The molecule has 4 heteroatoms. The quantitative estimate of drug-likeness (QED) is 0.551. The van der Waals surface area contributed by atoms with Crippen LogP contribution in [-0.2, 0) is 9.59 Å². The Labute approximate surface area is 116 Å². The van der Waals surface area contributed by atoms with Crippen LogP contribution in [0.15, 0.2) is 0 Å². The molecule has 0 unspecified atom stereocenters. The second-order valence-corrected chi connectivity index (χ2v) is 5.73. The third-order valence-corrected chi connectivity index (χ3v) is 4.12. The average Bonchev–Trinajstić information content (AvgIpc) is 2.61. The van der Waals surface area contributed by atoms with Crippen molar-refractivity contribution in [2.45, 2.75) is 71.1 Å². The first kappa shape index (κ1) is 16.0. The summed E-state index contributed by atoms with van der Waals surface area (Å²) in [5.74, 6) is -0.890. The van der Waals surface area contributed by atoms with Gasteiger partial charge in [-0.1, -0.05) is 45.4 Å². The van der Waals surface area contributed by atoms with Crippen LogP contribution in [-0.4, -0.2) is 23.5 Å². The highest BCUT2D eigenvalue weighted by Crippen LogP contribution is 2.38. The minimum atomic E-state index is -0.814. The molecule has 1 aliphatic carbocycles. The minimum Gasteiger partial charge on any atom is -0.481 e. The van der Waals surface area contributed by atoms with E-state index in [0.29, 0.717) is 19.4 Å². The molecule has 0 aromatic carbocycles. The Kier molecular flexibility index (Phi) is 6.89. The standard InChI is InChI=1S/C15H27NO3/c1-2-3-8-11-16-13(17)12-15(14(18)19)9-6-4-5-7-10-15/h2-12H2,1H3,(H,16,17)(H,18,19). The Morgan fingerprint density at radius 3 is 2.26 bits per heavy atom. The molecule has 2 N–H and O–H groups in total. The number of amides is 1. The van der Waals surface area contributed by atoms with Gasteiger partial charge in [0.2, 0.25) is 5.91 Å². The van der Waals surface area contributed by atoms with Crippen molar-refractivity contribution in [2.24, 2.45) is 5.41 Å². The van der Waals surface area contributed by atoms with Crippen molar-refractivity contribution >= 4 is 11.9 Å². The number of carbonyl (C=O) groups excluding carboxylic acids is 1. The van der Waals surface area contributed by atoms with Crippen molar-refractivity contribution in [1.29, 1.82) is 0 Å². The van der Waals surface area contributed by atoms with Gasteiger partial charge in [-0.15, -0.1) is 0 Å². The summed E-state index contributed by atoms with van der Waals surface area (Å²) in [7, 11) is 0. The summed E-state index contributed by atoms with van der Waals surface area (Å²) in [6.07, 6.45) is 8.66. The number of aliphatic carboxylic acids is 1. The van der Waals surface area contributed by atoms with Gasteiger partial charge in [0, 0.05) is 13.0 Å². The summed E-state index contributed by atoms with van der Waals surface area (Å²) < 4.78 is 0. The van der Waals surface area contributed by atoms with E-state index in [1.54, 1.807) is 0 Å². The average molecular weight is 269 g/mol. The van der Waals surface area contributed by atoms with Crippen LogP contribution in [0.25, 0.3) is 0 Å². The Morgan fingerprint density at radius 1 is 1.11 bits per heavy atom. The number of carboxylic acids is 1. The second-order valence-electron chi connectivity index (χ2n) is 5.73. The first-order valence-electron chi connectivity index (χ1n) is 7.61. The van der Waals surface area contributed by atoms with Crippen LogP contribution >= 0.6 is 0 Å². The maximum atomic E-state index is 11.9. The fourth-order valence-corrected chi connectivity index (χ4v) is 2.84. The molecule has 19 heavy (non-hydrogen) atoms. The number of carboxylic acid groups (broad SMARTS) is 1. The molecule has 0 heterocycles. The zero-order valence-corrected chi connectivity index (χ0v) is 12.0. The Bertz CT molecular complexity index is 294. The highest BCUT2D eigenvalue weighted by Gasteiger charge is 2.40. The van der Waals surface area contributed by atoms with Gasteiger partial charge in [0.1, 0.15) is 0 Å². The lowest BCUT2D eigenvalue weighted by Crippen LogP contribution is -2.37. The number of nitrogens with one attached hydrogen (secondary N) is 1. The van der Waals surface area contributed by atoms with Gasteiger partial charge in [-0.05, 0) is 19.3 Å². The van der Waals surface area contributed by atoms with Crippen LogP contribution in [0.4, 0.5) is 0 Å². The molecule has 1 amide bonds. The predicted molar refractivity (Wildman–Crippen MR) is 74.9 cm³/mol. The SMILES string of the molecule is CCCCCNC(=O)CC1(C(=O)O)CCCCCC1. The highest BCUT2D eigenvalue weighted by molar-refractivity contribution is 5.85. The summed E-state index contributed by atoms with van der Waals surface area (Å²) >= 11 is 0. The maximum absolute atomic E-state index is 11.9. The van der Waals surface area contributed by atoms with Gasteiger partial charge in [-0.3, -0.25) is 9.59 Å². The molecule has 1 fully saturated rings. The lowest BCUT2D eigenvalue weighted by Gasteiger charge is -2.27. The van der Waals surface area contributed by atoms with Crippen LogP contribution in [0.5, 0.6) is 0 Å². The fourth-order valence-electron chi connectivity index (χ4n) is 2.84. The van der Waals surface area contributed by atoms with E-state index in [0.717, 1.165) is 44.9 Å². The maximum Gasteiger partial charge on any atom is 0.310 e. The predicted octanol–water partition coefficient (Wildman–Crippen LogP) is 3.11. The van der Waals surface area contributed by atoms with Gasteiger partial charge in [0.25, 0.3) is 0 Å². The molecule has 1 rings (SSSR count). The molecule has 0 aromatic heterocycles. The Morgan fingerprint density at radius 2 is 1.74 bits per heavy atom. The van der Waals surface area contributed by atoms with Crippen LogP contribution in [0.3, 0.4) is 0 Å². The van der Waals surface area contributed by atoms with Gasteiger partial charge in [-0.25, -0.2) is 0 Å². The van der Waals surface area contributed by atoms with Crippen molar-refractivity contribution in [1.82, 2.24) is 5.32 Å². The number of hydrogen-bond acceptors (Lipinski definition) is 2. The van der Waals surface area contributed by atoms with Crippen molar-refractivity contribution in [3.63, 3.8) is 0 Å². The molecule has 110 valence electrons. The third kappa shape index (κ3) is 5.21. The zero-order valence-electron chi connectivity index (χ0n) is 12.0. The highest BCUT2D eigenvalue weighted by atomic mass is 16.4. The monoisotopic (exact) mass is 269 g/mol. The molecule has 0 bridgehead atoms. The first-order valence-corrected chi connectivity index (χ1v) is 7.61. The molecular formula is C15H27NO3. The van der Waals surface area contributed by atoms with Crippen molar-refractivity contribution < 1.29 is 14.7 Å². The summed E-state index contributed by atoms with van der Waals surface area (Å²) in [5.41, 5.74) is -0.814. The normalized spacial score (nSPS) is 18.6. The van der Waals surface area contributed by atoms with Crippen LogP contribution in [0.2, 0.25) is 0 Å². The van der Waals surface area contributed by atoms with Crippen LogP contribution in [0, 0.1) is 5.41 Å². The van der Waals surface area contributed by atoms with E-state index in [1.165, 1.54) is 0 Å². The summed E-state index contributed by atoms with van der Waals surface area (Å²) in [6.45, 7) is 2.79. The van der Waals surface area contributed by atoms with Crippen LogP contribution in [0.1, 0.15) is 71.1 Å². The minimum absolute atomic E-state index is 0.0968. The smallest absolute Gasteiger partial charge is 0.310 e. The third-order valence-electron chi connectivity index (χ3n) is 4.12. The summed E-state index contributed by atoms with van der Waals surface area (Å²) in [5, 5.41) is 12.4. The Balaban J connectivity index is 2.48. The lowest BCUT2D eigenvalue weighted by atomic mass is 9.77. The summed E-state index contributed by atoms with van der Waals surface area (Å²) in [6, 6.07) is 0. The molecule has 1 aliphatic rings. The van der Waals surface area contributed by atoms with Crippen molar-refractivity contribution in [3.05, 3.63) is 0 Å².